The van der Waals surface area contributed by atoms with Gasteiger partial charge in [0, 0.05) is 35.8 Å². The van der Waals surface area contributed by atoms with Crippen molar-refractivity contribution in [2.24, 2.45) is 15.9 Å². The van der Waals surface area contributed by atoms with E-state index < -0.39 is 0 Å². The van der Waals surface area contributed by atoms with Gasteiger partial charge < -0.3 is 16.0 Å². The number of carbonyl (C=O) groups is 1. The van der Waals surface area contributed by atoms with E-state index in [9.17, 15) is 4.79 Å². The first-order valence-corrected chi connectivity index (χ1v) is 11.7. The highest BCUT2D eigenvalue weighted by Crippen LogP contribution is 2.40. The lowest BCUT2D eigenvalue weighted by Crippen LogP contribution is -2.31. The first-order chi connectivity index (χ1) is 15.0. The molecule has 1 aliphatic carbocycles. The van der Waals surface area contributed by atoms with Crippen LogP contribution in [0.2, 0.25) is 0 Å². The number of likely N-dealkylation sites (N-methyl/N-ethyl adjacent to an activating group) is 1. The van der Waals surface area contributed by atoms with Crippen LogP contribution in [0, 0.1) is 5.92 Å². The van der Waals surface area contributed by atoms with Gasteiger partial charge in [-0.2, -0.15) is 0 Å². The molecule has 0 spiro atoms. The second kappa shape index (κ2) is 9.58. The Morgan fingerprint density at radius 3 is 2.90 bits per heavy atom. The van der Waals surface area contributed by atoms with Crippen molar-refractivity contribution in [1.82, 2.24) is 10.6 Å². The predicted molar refractivity (Wildman–Crippen MR) is 131 cm³/mol. The van der Waals surface area contributed by atoms with Crippen LogP contribution < -0.4 is 16.0 Å². The van der Waals surface area contributed by atoms with Gasteiger partial charge in [-0.15, -0.1) is 11.3 Å². The first kappa shape index (κ1) is 21.5. The Bertz CT molecular complexity index is 1040. The molecule has 0 fully saturated rings. The Kier molecular flexibility index (Phi) is 6.63. The zero-order valence-electron chi connectivity index (χ0n) is 18.2. The van der Waals surface area contributed by atoms with Crippen LogP contribution in [0.5, 0.6) is 0 Å². The molecule has 2 aliphatic rings. The van der Waals surface area contributed by atoms with Crippen molar-refractivity contribution in [3.63, 3.8) is 0 Å². The van der Waals surface area contributed by atoms with E-state index in [1.165, 1.54) is 16.9 Å². The number of rotatable bonds is 7. The number of nitrogens with one attached hydrogen (secondary N) is 3. The zero-order valence-corrected chi connectivity index (χ0v) is 19.0. The molecule has 1 aliphatic heterocycles. The van der Waals surface area contributed by atoms with E-state index in [-0.39, 0.29) is 17.9 Å². The number of hydrogen-bond donors (Lipinski definition) is 3. The molecule has 1 amide bonds. The van der Waals surface area contributed by atoms with Crippen LogP contribution in [-0.2, 0) is 0 Å². The number of fused-ring (bicyclic) bond motifs is 3. The maximum atomic E-state index is 12.6. The third-order valence-corrected chi connectivity index (χ3v) is 6.56. The number of amides is 1. The van der Waals surface area contributed by atoms with Crippen LogP contribution in [-0.4, -0.2) is 37.7 Å². The van der Waals surface area contributed by atoms with Crippen molar-refractivity contribution in [1.29, 1.82) is 0 Å². The van der Waals surface area contributed by atoms with E-state index >= 15 is 0 Å². The topological polar surface area (TPSA) is 77.9 Å². The molecule has 2 aromatic rings. The SMILES string of the molecule is CCNCCNC(=O)c1cc2c(s1)C=CC1C=NC(Nc3cccc(C(C)C)c3)=NC21. The maximum Gasteiger partial charge on any atom is 0.261 e. The molecule has 3 N–H and O–H groups in total. The van der Waals surface area contributed by atoms with E-state index in [0.29, 0.717) is 18.4 Å². The molecule has 7 heteroatoms. The molecule has 2 heterocycles. The Hall–Kier alpha value is -2.77. The summed E-state index contributed by atoms with van der Waals surface area (Å²) < 4.78 is 0. The van der Waals surface area contributed by atoms with Crippen LogP contribution in [0.4, 0.5) is 5.69 Å². The summed E-state index contributed by atoms with van der Waals surface area (Å²) in [7, 11) is 0. The van der Waals surface area contributed by atoms with Gasteiger partial charge >= 0.3 is 0 Å². The van der Waals surface area contributed by atoms with Crippen LogP contribution >= 0.6 is 11.3 Å². The molecule has 1 aromatic carbocycles. The minimum atomic E-state index is -0.0622. The van der Waals surface area contributed by atoms with Crippen LogP contribution in [0.3, 0.4) is 0 Å². The summed E-state index contributed by atoms with van der Waals surface area (Å²) in [5.74, 6) is 1.15. The number of nitrogens with zero attached hydrogens (tertiary/aromatic N) is 2. The van der Waals surface area contributed by atoms with Crippen LogP contribution in [0.15, 0.2) is 46.4 Å². The highest BCUT2D eigenvalue weighted by Gasteiger charge is 2.30. The summed E-state index contributed by atoms with van der Waals surface area (Å²) in [5, 5.41) is 9.55. The molecule has 1 aromatic heterocycles. The molecule has 2 unspecified atom stereocenters. The second-order valence-corrected chi connectivity index (χ2v) is 9.14. The van der Waals surface area contributed by atoms with Gasteiger partial charge in [-0.3, -0.25) is 4.79 Å². The fourth-order valence-corrected chi connectivity index (χ4v) is 4.74. The number of thiophene rings is 1. The normalized spacial score (nSPS) is 19.0. The van der Waals surface area contributed by atoms with Crippen LogP contribution in [0.1, 0.15) is 58.4 Å². The molecule has 2 atom stereocenters. The van der Waals surface area contributed by atoms with E-state index in [2.05, 4.69) is 72.1 Å². The van der Waals surface area contributed by atoms with Gasteiger partial charge in [0.15, 0.2) is 0 Å². The van der Waals surface area contributed by atoms with Gasteiger partial charge in [-0.1, -0.05) is 39.0 Å². The number of carbonyl (C=O) groups excluding carboxylic acids is 1. The minimum absolute atomic E-state index is 0.0282. The number of anilines is 1. The largest absolute Gasteiger partial charge is 0.350 e. The lowest BCUT2D eigenvalue weighted by atomic mass is 9.89. The standard InChI is InChI=1S/C24H29N5OS/c1-4-25-10-11-26-23(30)21-13-19-20(31-21)9-8-17-14-27-24(29-22(17)19)28-18-7-5-6-16(12-18)15(2)3/h5-9,12-15,17,22,25H,4,10-11H2,1-3H3,(H,26,30)(H,28,29). The molecule has 4 rings (SSSR count). The molecule has 0 saturated carbocycles. The average Bonchev–Trinajstić information content (AvgIpc) is 3.22. The van der Waals surface area contributed by atoms with Crippen LogP contribution in [0.25, 0.3) is 6.08 Å². The van der Waals surface area contributed by atoms with Crippen molar-refractivity contribution in [3.05, 3.63) is 57.3 Å². The molecule has 0 saturated heterocycles. The summed E-state index contributed by atoms with van der Waals surface area (Å²) in [6, 6.07) is 10.3. The van der Waals surface area contributed by atoms with Gasteiger partial charge in [0.25, 0.3) is 5.91 Å². The van der Waals surface area contributed by atoms with Gasteiger partial charge in [0.1, 0.15) is 0 Å². The molecule has 0 bridgehead atoms. The quantitative estimate of drug-likeness (QED) is 0.563. The van der Waals surface area contributed by atoms with Crippen molar-refractivity contribution in [2.75, 3.05) is 25.0 Å². The number of guanidine groups is 1. The molecule has 162 valence electrons. The van der Waals surface area contributed by atoms with Gasteiger partial charge in [0.05, 0.1) is 10.9 Å². The maximum absolute atomic E-state index is 12.6. The summed E-state index contributed by atoms with van der Waals surface area (Å²) >= 11 is 1.52. The van der Waals surface area contributed by atoms with Gasteiger partial charge in [0.2, 0.25) is 5.96 Å². The lowest BCUT2D eigenvalue weighted by Gasteiger charge is -2.25. The Balaban J connectivity index is 1.50. The molecule has 0 radical (unpaired) electrons. The summed E-state index contributed by atoms with van der Waals surface area (Å²) in [6.45, 7) is 8.70. The summed E-state index contributed by atoms with van der Waals surface area (Å²) in [4.78, 5) is 23.8. The molecular weight excluding hydrogens is 406 g/mol. The summed E-state index contributed by atoms with van der Waals surface area (Å²) in [5.41, 5.74) is 3.35. The molecular formula is C24H29N5OS. The van der Waals surface area contributed by atoms with Crippen molar-refractivity contribution < 1.29 is 4.79 Å². The third-order valence-electron chi connectivity index (χ3n) is 5.44. The minimum Gasteiger partial charge on any atom is -0.350 e. The fraction of sp³-hybridized carbons (Fsp3) is 0.375. The lowest BCUT2D eigenvalue weighted by molar-refractivity contribution is 0.0958. The first-order valence-electron chi connectivity index (χ1n) is 10.8. The second-order valence-electron chi connectivity index (χ2n) is 8.06. The number of aliphatic imine (C=N–C) groups is 2. The number of benzene rings is 1. The number of hydrogen-bond acceptors (Lipinski definition) is 6. The zero-order chi connectivity index (χ0) is 21.8. The Morgan fingerprint density at radius 1 is 1.23 bits per heavy atom. The van der Waals surface area contributed by atoms with E-state index in [1.54, 1.807) is 0 Å². The Labute approximate surface area is 187 Å². The summed E-state index contributed by atoms with van der Waals surface area (Å²) in [6.07, 6.45) is 6.15. The van der Waals surface area contributed by atoms with E-state index in [1.807, 2.05) is 18.3 Å². The highest BCUT2D eigenvalue weighted by molar-refractivity contribution is 7.15. The van der Waals surface area contributed by atoms with E-state index in [0.717, 1.165) is 34.1 Å². The highest BCUT2D eigenvalue weighted by atomic mass is 32.1. The molecule has 31 heavy (non-hydrogen) atoms. The smallest absolute Gasteiger partial charge is 0.261 e. The fourth-order valence-electron chi connectivity index (χ4n) is 3.71. The third kappa shape index (κ3) is 4.94. The van der Waals surface area contributed by atoms with Gasteiger partial charge in [-0.25, -0.2) is 9.98 Å². The van der Waals surface area contributed by atoms with Crippen molar-refractivity contribution in [2.45, 2.75) is 32.7 Å². The van der Waals surface area contributed by atoms with Gasteiger partial charge in [-0.05, 0) is 47.9 Å². The Morgan fingerprint density at radius 2 is 2.10 bits per heavy atom. The average molecular weight is 436 g/mol. The van der Waals surface area contributed by atoms with E-state index in [4.69, 9.17) is 4.99 Å². The predicted octanol–water partition coefficient (Wildman–Crippen LogP) is 4.45. The van der Waals surface area contributed by atoms with Crippen molar-refractivity contribution in [3.8, 4) is 0 Å². The molecule has 6 nitrogen and oxygen atoms in total. The monoisotopic (exact) mass is 435 g/mol. The van der Waals surface area contributed by atoms with Crippen molar-refractivity contribution >= 4 is 41.2 Å².